The van der Waals surface area contributed by atoms with E-state index < -0.39 is 17.7 Å². The number of fused-ring (bicyclic) bond motifs is 1. The van der Waals surface area contributed by atoms with Crippen LogP contribution in [0.3, 0.4) is 0 Å². The van der Waals surface area contributed by atoms with Crippen LogP contribution in [-0.4, -0.2) is 36.1 Å². The lowest BCUT2D eigenvalue weighted by Crippen LogP contribution is -2.10. The van der Waals surface area contributed by atoms with Gasteiger partial charge in [-0.25, -0.2) is 18.3 Å². The van der Waals surface area contributed by atoms with Gasteiger partial charge in [-0.05, 0) is 31.2 Å². The first kappa shape index (κ1) is 18.1. The molecule has 144 valence electrons. The predicted octanol–water partition coefficient (Wildman–Crippen LogP) is 3.04. The predicted molar refractivity (Wildman–Crippen MR) is 99.7 cm³/mol. The smallest absolute Gasteiger partial charge is 0.165 e. The van der Waals surface area contributed by atoms with Gasteiger partial charge in [0.2, 0.25) is 0 Å². The van der Waals surface area contributed by atoms with Crippen molar-refractivity contribution in [3.05, 3.63) is 66.3 Å². The SMILES string of the molecule is C[C@@H](Nc1ccn2ncc(-c3cnn(CCO)c3)c2n1)c1cc(F)ccc1F. The van der Waals surface area contributed by atoms with Crippen LogP contribution >= 0.6 is 0 Å². The third kappa shape index (κ3) is 3.44. The second-order valence-corrected chi connectivity index (χ2v) is 6.39. The van der Waals surface area contributed by atoms with Crippen LogP contribution in [0.1, 0.15) is 18.5 Å². The highest BCUT2D eigenvalue weighted by atomic mass is 19.1. The third-order valence-corrected chi connectivity index (χ3v) is 4.43. The van der Waals surface area contributed by atoms with E-state index in [-0.39, 0.29) is 12.2 Å². The molecule has 0 radical (unpaired) electrons. The summed E-state index contributed by atoms with van der Waals surface area (Å²) in [5.41, 5.74) is 2.41. The van der Waals surface area contributed by atoms with Gasteiger partial charge < -0.3 is 10.4 Å². The number of aliphatic hydroxyl groups excluding tert-OH is 1. The molecule has 4 rings (SSSR count). The summed E-state index contributed by atoms with van der Waals surface area (Å²) in [7, 11) is 0. The number of anilines is 1. The van der Waals surface area contributed by atoms with E-state index in [4.69, 9.17) is 5.11 Å². The number of aromatic nitrogens is 5. The molecule has 0 saturated heterocycles. The summed E-state index contributed by atoms with van der Waals surface area (Å²) in [4.78, 5) is 4.57. The zero-order valence-electron chi connectivity index (χ0n) is 15.0. The molecule has 0 unspecified atom stereocenters. The average molecular weight is 384 g/mol. The van der Waals surface area contributed by atoms with E-state index >= 15 is 0 Å². The molecule has 9 heteroatoms. The van der Waals surface area contributed by atoms with E-state index in [1.807, 2.05) is 0 Å². The maximum Gasteiger partial charge on any atom is 0.165 e. The van der Waals surface area contributed by atoms with Gasteiger partial charge in [-0.3, -0.25) is 4.68 Å². The van der Waals surface area contributed by atoms with Crippen molar-refractivity contribution in [3.8, 4) is 11.1 Å². The lowest BCUT2D eigenvalue weighted by molar-refractivity contribution is 0.269. The third-order valence-electron chi connectivity index (χ3n) is 4.43. The first-order chi connectivity index (χ1) is 13.5. The molecule has 4 aromatic rings. The van der Waals surface area contributed by atoms with Crippen LogP contribution in [0.15, 0.2) is 49.1 Å². The normalized spacial score (nSPS) is 12.4. The number of halogens is 2. The molecule has 0 aliphatic heterocycles. The lowest BCUT2D eigenvalue weighted by atomic mass is 10.1. The van der Waals surface area contributed by atoms with Crippen LogP contribution in [0.5, 0.6) is 0 Å². The molecule has 2 N–H and O–H groups in total. The standard InChI is InChI=1S/C19H18F2N6O/c1-12(15-8-14(20)2-3-17(15)21)24-18-4-5-27-19(25-18)16(10-23-27)13-9-22-26(11-13)6-7-28/h2-5,8-12,28H,6-7H2,1H3,(H,24,25)/t12-/m1/s1. The average Bonchev–Trinajstić information content (AvgIpc) is 3.30. The zero-order valence-corrected chi connectivity index (χ0v) is 15.0. The Labute approximate surface area is 159 Å². The van der Waals surface area contributed by atoms with E-state index in [9.17, 15) is 8.78 Å². The van der Waals surface area contributed by atoms with Crippen LogP contribution in [-0.2, 0) is 6.54 Å². The molecule has 1 atom stereocenters. The Morgan fingerprint density at radius 1 is 1.18 bits per heavy atom. The van der Waals surface area contributed by atoms with Gasteiger partial charge in [0.05, 0.1) is 31.6 Å². The summed E-state index contributed by atoms with van der Waals surface area (Å²) in [5, 5.41) is 20.6. The molecule has 3 heterocycles. The van der Waals surface area contributed by atoms with Gasteiger partial charge in [0, 0.05) is 29.1 Å². The Morgan fingerprint density at radius 2 is 2.04 bits per heavy atom. The largest absolute Gasteiger partial charge is 0.394 e. The summed E-state index contributed by atoms with van der Waals surface area (Å²) in [6.45, 7) is 2.13. The molecule has 0 bridgehead atoms. The van der Waals surface area contributed by atoms with Gasteiger partial charge in [-0.15, -0.1) is 0 Å². The molecule has 0 spiro atoms. The highest BCUT2D eigenvalue weighted by Gasteiger charge is 2.15. The number of hydrogen-bond acceptors (Lipinski definition) is 5. The van der Waals surface area contributed by atoms with Gasteiger partial charge >= 0.3 is 0 Å². The number of nitrogens with one attached hydrogen (secondary N) is 1. The monoisotopic (exact) mass is 384 g/mol. The van der Waals surface area contributed by atoms with Crippen LogP contribution in [0.4, 0.5) is 14.6 Å². The first-order valence-electron chi connectivity index (χ1n) is 8.74. The van der Waals surface area contributed by atoms with Crippen molar-refractivity contribution in [3.63, 3.8) is 0 Å². The Kier molecular flexibility index (Phi) is 4.74. The number of nitrogens with zero attached hydrogens (tertiary/aromatic N) is 5. The van der Waals surface area contributed by atoms with Crippen molar-refractivity contribution in [2.75, 3.05) is 11.9 Å². The van der Waals surface area contributed by atoms with Crippen molar-refractivity contribution >= 4 is 11.5 Å². The molecule has 1 aromatic carbocycles. The van der Waals surface area contributed by atoms with Gasteiger partial charge in [0.15, 0.2) is 5.65 Å². The molecule has 7 nitrogen and oxygen atoms in total. The first-order valence-corrected chi connectivity index (χ1v) is 8.74. The molecule has 28 heavy (non-hydrogen) atoms. The molecule has 0 amide bonds. The highest BCUT2D eigenvalue weighted by molar-refractivity contribution is 5.76. The van der Waals surface area contributed by atoms with E-state index in [0.29, 0.717) is 18.0 Å². The van der Waals surface area contributed by atoms with Crippen LogP contribution in [0.25, 0.3) is 16.8 Å². The van der Waals surface area contributed by atoms with Crippen molar-refractivity contribution in [2.24, 2.45) is 0 Å². The number of aliphatic hydroxyl groups is 1. The van der Waals surface area contributed by atoms with Gasteiger partial charge in [-0.2, -0.15) is 10.2 Å². The van der Waals surface area contributed by atoms with E-state index in [0.717, 1.165) is 23.3 Å². The summed E-state index contributed by atoms with van der Waals surface area (Å²) in [5.74, 6) is -0.469. The van der Waals surface area contributed by atoms with Crippen molar-refractivity contribution in [2.45, 2.75) is 19.5 Å². The van der Waals surface area contributed by atoms with Gasteiger partial charge in [0.25, 0.3) is 0 Å². The molecule has 3 aromatic heterocycles. The van der Waals surface area contributed by atoms with Crippen molar-refractivity contribution < 1.29 is 13.9 Å². The summed E-state index contributed by atoms with van der Waals surface area (Å²) in [6.07, 6.45) is 6.90. The van der Waals surface area contributed by atoms with Crippen LogP contribution in [0.2, 0.25) is 0 Å². The van der Waals surface area contributed by atoms with Crippen LogP contribution < -0.4 is 5.32 Å². The molecule has 0 saturated carbocycles. The minimum Gasteiger partial charge on any atom is -0.394 e. The Morgan fingerprint density at radius 3 is 2.86 bits per heavy atom. The molecule has 0 aliphatic rings. The number of benzene rings is 1. The summed E-state index contributed by atoms with van der Waals surface area (Å²) >= 11 is 0. The van der Waals surface area contributed by atoms with E-state index in [1.54, 1.807) is 47.0 Å². The molecule has 0 fully saturated rings. The molecular formula is C19H18F2N6O. The van der Waals surface area contributed by atoms with Crippen LogP contribution in [0, 0.1) is 11.6 Å². The topological polar surface area (TPSA) is 80.3 Å². The maximum atomic E-state index is 14.0. The second-order valence-electron chi connectivity index (χ2n) is 6.39. The van der Waals surface area contributed by atoms with Crippen molar-refractivity contribution in [1.29, 1.82) is 0 Å². The molecular weight excluding hydrogens is 366 g/mol. The minimum absolute atomic E-state index is 0.00325. The Bertz CT molecular complexity index is 1120. The van der Waals surface area contributed by atoms with Gasteiger partial charge in [0.1, 0.15) is 17.5 Å². The zero-order chi connectivity index (χ0) is 19.7. The minimum atomic E-state index is -0.494. The number of rotatable bonds is 6. The van der Waals surface area contributed by atoms with E-state index in [2.05, 4.69) is 20.5 Å². The fourth-order valence-electron chi connectivity index (χ4n) is 3.03. The quantitative estimate of drug-likeness (QED) is 0.534. The molecule has 0 aliphatic carbocycles. The fraction of sp³-hybridized carbons (Fsp3) is 0.211. The van der Waals surface area contributed by atoms with E-state index in [1.165, 1.54) is 6.07 Å². The summed E-state index contributed by atoms with van der Waals surface area (Å²) < 4.78 is 30.7. The lowest BCUT2D eigenvalue weighted by Gasteiger charge is -2.16. The Balaban J connectivity index is 1.64. The van der Waals surface area contributed by atoms with Gasteiger partial charge in [-0.1, -0.05) is 0 Å². The number of hydrogen-bond donors (Lipinski definition) is 2. The maximum absolute atomic E-state index is 14.0. The Hall–Kier alpha value is -3.33. The summed E-state index contributed by atoms with van der Waals surface area (Å²) in [6, 6.07) is 4.60. The fourth-order valence-corrected chi connectivity index (χ4v) is 3.03. The van der Waals surface area contributed by atoms with Crippen molar-refractivity contribution in [1.82, 2.24) is 24.4 Å². The highest BCUT2D eigenvalue weighted by Crippen LogP contribution is 2.26. The second kappa shape index (κ2) is 7.35.